The molecule has 1 unspecified atom stereocenters. The first-order valence-corrected chi connectivity index (χ1v) is 11.1. The van der Waals surface area contributed by atoms with E-state index in [1.165, 1.54) is 0 Å². The normalized spacial score (nSPS) is 19.2. The van der Waals surface area contributed by atoms with Gasteiger partial charge in [-0.2, -0.15) is 13.2 Å². The Kier molecular flexibility index (Phi) is 4.76. The van der Waals surface area contributed by atoms with Crippen molar-refractivity contribution in [2.45, 2.75) is 43.5 Å². The predicted octanol–water partition coefficient (Wildman–Crippen LogP) is 4.73. The first kappa shape index (κ1) is 20.3. The van der Waals surface area contributed by atoms with Crippen LogP contribution in [-0.4, -0.2) is 35.6 Å². The van der Waals surface area contributed by atoms with Gasteiger partial charge in [-0.25, -0.2) is 15.0 Å². The highest BCUT2D eigenvalue weighted by Gasteiger charge is 2.37. The third-order valence-corrected chi connectivity index (χ3v) is 6.66. The summed E-state index contributed by atoms with van der Waals surface area (Å²) in [5.41, 5.74) is 1.44. The first-order chi connectivity index (χ1) is 14.8. The van der Waals surface area contributed by atoms with Crippen molar-refractivity contribution in [3.63, 3.8) is 0 Å². The van der Waals surface area contributed by atoms with Crippen LogP contribution in [0.25, 0.3) is 22.7 Å². The van der Waals surface area contributed by atoms with Crippen LogP contribution in [-0.2, 0) is 25.1 Å². The van der Waals surface area contributed by atoms with E-state index in [9.17, 15) is 13.2 Å². The molecule has 0 spiro atoms. The molecule has 1 fully saturated rings. The van der Waals surface area contributed by atoms with Gasteiger partial charge in [-0.05, 0) is 24.7 Å². The molecule has 0 amide bonds. The molecule has 0 bridgehead atoms. The van der Waals surface area contributed by atoms with E-state index in [-0.39, 0.29) is 11.6 Å². The van der Waals surface area contributed by atoms with Crippen LogP contribution in [0.15, 0.2) is 22.4 Å². The molecule has 1 aliphatic carbocycles. The topological polar surface area (TPSA) is 70.1 Å². The van der Waals surface area contributed by atoms with Crippen molar-refractivity contribution in [2.24, 2.45) is 25.2 Å². The molecule has 1 saturated carbocycles. The lowest BCUT2D eigenvalue weighted by atomic mass is 10.1. The molecular weight excluding hydrogens is 429 g/mol. The lowest BCUT2D eigenvalue weighted by molar-refractivity contribution is -0.137. The van der Waals surface area contributed by atoms with Crippen molar-refractivity contribution in [1.82, 2.24) is 24.1 Å². The molecule has 7 nitrogen and oxygen atoms in total. The zero-order chi connectivity index (χ0) is 21.9. The number of aromatic nitrogens is 5. The number of fused-ring (bicyclic) bond motifs is 1. The number of hydrogen-bond donors (Lipinski definition) is 0. The summed E-state index contributed by atoms with van der Waals surface area (Å²) in [5.74, 6) is 2.55. The minimum absolute atomic E-state index is 0.184. The molecule has 1 atom stereocenters. The van der Waals surface area contributed by atoms with Gasteiger partial charge in [-0.1, -0.05) is 12.1 Å². The summed E-state index contributed by atoms with van der Waals surface area (Å²) in [5, 5.41) is 5.14. The number of oxime groups is 1. The number of rotatable bonds is 5. The fraction of sp³-hybridized carbons (Fsp3) is 0.500. The lowest BCUT2D eigenvalue weighted by Gasteiger charge is -2.09. The van der Waals surface area contributed by atoms with E-state index in [1.807, 2.05) is 18.5 Å². The van der Waals surface area contributed by atoms with E-state index in [1.54, 1.807) is 23.4 Å². The molecule has 5 rings (SSSR count). The second-order valence-corrected chi connectivity index (χ2v) is 9.08. The van der Waals surface area contributed by atoms with Crippen molar-refractivity contribution in [3.05, 3.63) is 23.7 Å². The fourth-order valence-electron chi connectivity index (χ4n) is 3.87. The SMILES string of the molecule is CCSc1c(-c2nc3cc(C(F)(F)F)cnc3n2C)nc(C2CC(C3CC3)=NO2)n1C. The summed E-state index contributed by atoms with van der Waals surface area (Å²) in [6.07, 6.45) is -0.879. The summed E-state index contributed by atoms with van der Waals surface area (Å²) in [7, 11) is 3.66. The van der Waals surface area contributed by atoms with Crippen LogP contribution >= 0.6 is 11.8 Å². The molecule has 0 N–H and O–H groups in total. The number of nitrogens with zero attached hydrogens (tertiary/aromatic N) is 6. The third-order valence-electron chi connectivity index (χ3n) is 5.63. The van der Waals surface area contributed by atoms with Gasteiger partial charge in [0.2, 0.25) is 0 Å². The third kappa shape index (κ3) is 3.48. The molecule has 164 valence electrons. The minimum Gasteiger partial charge on any atom is -0.384 e. The van der Waals surface area contributed by atoms with Gasteiger partial charge in [0.25, 0.3) is 0 Å². The first-order valence-electron chi connectivity index (χ1n) is 10.1. The quantitative estimate of drug-likeness (QED) is 0.526. The van der Waals surface area contributed by atoms with Gasteiger partial charge in [0.1, 0.15) is 16.2 Å². The van der Waals surface area contributed by atoms with Crippen molar-refractivity contribution < 1.29 is 18.0 Å². The van der Waals surface area contributed by atoms with Gasteiger partial charge < -0.3 is 14.0 Å². The van der Waals surface area contributed by atoms with Crippen LogP contribution in [0.2, 0.25) is 0 Å². The van der Waals surface area contributed by atoms with Crippen molar-refractivity contribution in [2.75, 3.05) is 5.75 Å². The van der Waals surface area contributed by atoms with Gasteiger partial charge in [-0.3, -0.25) is 0 Å². The lowest BCUT2D eigenvalue weighted by Crippen LogP contribution is -2.08. The number of pyridine rings is 1. The molecule has 0 saturated heterocycles. The number of hydrogen-bond acceptors (Lipinski definition) is 6. The minimum atomic E-state index is -4.47. The molecule has 0 aromatic carbocycles. The maximum atomic E-state index is 13.1. The summed E-state index contributed by atoms with van der Waals surface area (Å²) < 4.78 is 43.0. The van der Waals surface area contributed by atoms with Crippen LogP contribution in [0.5, 0.6) is 0 Å². The van der Waals surface area contributed by atoms with E-state index >= 15 is 0 Å². The summed E-state index contributed by atoms with van der Waals surface area (Å²) >= 11 is 1.60. The Labute approximate surface area is 180 Å². The molecule has 3 aromatic rings. The van der Waals surface area contributed by atoms with Gasteiger partial charge in [0.05, 0.1) is 11.3 Å². The Balaban J connectivity index is 1.57. The van der Waals surface area contributed by atoms with Crippen molar-refractivity contribution in [3.8, 4) is 11.5 Å². The molecule has 4 heterocycles. The second-order valence-electron chi connectivity index (χ2n) is 7.83. The fourth-order valence-corrected chi connectivity index (χ4v) is 4.70. The number of halogens is 3. The molecule has 2 aliphatic rings. The zero-order valence-corrected chi connectivity index (χ0v) is 18.1. The van der Waals surface area contributed by atoms with Crippen molar-refractivity contribution >= 4 is 28.6 Å². The Morgan fingerprint density at radius 1 is 1.19 bits per heavy atom. The van der Waals surface area contributed by atoms with Crippen LogP contribution in [0.4, 0.5) is 13.2 Å². The highest BCUT2D eigenvalue weighted by Crippen LogP contribution is 2.41. The molecular formula is C20H21F3N6OS. The molecule has 3 aromatic heterocycles. The second kappa shape index (κ2) is 7.25. The number of aryl methyl sites for hydroxylation is 1. The average Bonchev–Trinajstić information content (AvgIpc) is 3.25. The largest absolute Gasteiger partial charge is 0.417 e. The highest BCUT2D eigenvalue weighted by atomic mass is 32.2. The summed E-state index contributed by atoms with van der Waals surface area (Å²) in [6.45, 7) is 2.04. The highest BCUT2D eigenvalue weighted by molar-refractivity contribution is 7.99. The smallest absolute Gasteiger partial charge is 0.384 e. The van der Waals surface area contributed by atoms with E-state index < -0.39 is 11.7 Å². The Hall–Kier alpha value is -2.56. The monoisotopic (exact) mass is 450 g/mol. The van der Waals surface area contributed by atoms with Gasteiger partial charge in [0, 0.05) is 32.6 Å². The van der Waals surface area contributed by atoms with Crippen LogP contribution < -0.4 is 0 Å². The van der Waals surface area contributed by atoms with E-state index in [4.69, 9.17) is 9.82 Å². The summed E-state index contributed by atoms with van der Waals surface area (Å²) in [6, 6.07) is 1.03. The van der Waals surface area contributed by atoms with E-state index in [0.29, 0.717) is 29.5 Å². The van der Waals surface area contributed by atoms with E-state index in [2.05, 4.69) is 15.1 Å². The average molecular weight is 450 g/mol. The Morgan fingerprint density at radius 3 is 2.65 bits per heavy atom. The number of thioether (sulfide) groups is 1. The Morgan fingerprint density at radius 2 is 1.97 bits per heavy atom. The van der Waals surface area contributed by atoms with Crippen LogP contribution in [0.1, 0.15) is 43.7 Å². The molecule has 11 heteroatoms. The standard InChI is InChI=1S/C20H21F3N6OS/c1-4-31-19-15(26-17(29(19)3)14-8-12(27-30-14)10-5-6-10)18-25-13-7-11(20(21,22)23)9-24-16(13)28(18)2/h7,9-10,14H,4-6,8H2,1-3H3. The van der Waals surface area contributed by atoms with Gasteiger partial charge in [0.15, 0.2) is 23.4 Å². The Bertz CT molecular complexity index is 1190. The van der Waals surface area contributed by atoms with Crippen molar-refractivity contribution in [1.29, 1.82) is 0 Å². The van der Waals surface area contributed by atoms with Gasteiger partial charge >= 0.3 is 6.18 Å². The van der Waals surface area contributed by atoms with Gasteiger partial charge in [-0.15, -0.1) is 11.8 Å². The zero-order valence-electron chi connectivity index (χ0n) is 17.3. The van der Waals surface area contributed by atoms with E-state index in [0.717, 1.165) is 47.4 Å². The molecule has 1 aliphatic heterocycles. The number of imidazole rings is 2. The summed E-state index contributed by atoms with van der Waals surface area (Å²) in [4.78, 5) is 19.0. The maximum absolute atomic E-state index is 13.1. The predicted molar refractivity (Wildman–Crippen MR) is 111 cm³/mol. The van der Waals surface area contributed by atoms with Crippen LogP contribution in [0, 0.1) is 5.92 Å². The van der Waals surface area contributed by atoms with Crippen LogP contribution in [0.3, 0.4) is 0 Å². The number of alkyl halides is 3. The molecule has 31 heavy (non-hydrogen) atoms. The molecule has 0 radical (unpaired) electrons. The maximum Gasteiger partial charge on any atom is 0.417 e.